The molecule has 3 rings (SSSR count). The minimum Gasteiger partial charge on any atom is -0.313 e. The first-order chi connectivity index (χ1) is 7.83. The average molecular weight is 300 g/mol. The van der Waals surface area contributed by atoms with E-state index >= 15 is 0 Å². The fourth-order valence-corrected chi connectivity index (χ4v) is 5.19. The highest BCUT2D eigenvalue weighted by molar-refractivity contribution is 9.10. The molecule has 1 aromatic heterocycles. The highest BCUT2D eigenvalue weighted by atomic mass is 79.9. The molecule has 88 valence electrons. The number of thiophene rings is 1. The van der Waals surface area contributed by atoms with Crippen molar-refractivity contribution in [1.29, 1.82) is 0 Å². The second-order valence-corrected chi connectivity index (χ2v) is 6.73. The molecule has 1 heterocycles. The molecule has 1 N–H and O–H groups in total. The van der Waals surface area contributed by atoms with Crippen LogP contribution < -0.4 is 5.32 Å². The first-order valence-corrected chi connectivity index (χ1v) is 7.95. The van der Waals surface area contributed by atoms with Crippen LogP contribution >= 0.6 is 27.3 Å². The fraction of sp³-hybridized carbons (Fsp3) is 0.692. The third kappa shape index (κ3) is 1.77. The topological polar surface area (TPSA) is 12.0 Å². The molecule has 2 fully saturated rings. The van der Waals surface area contributed by atoms with Crippen molar-refractivity contribution >= 4 is 27.3 Å². The van der Waals surface area contributed by atoms with Crippen LogP contribution in [-0.4, -0.2) is 7.05 Å². The molecule has 0 aliphatic heterocycles. The van der Waals surface area contributed by atoms with E-state index in [0.717, 1.165) is 17.8 Å². The number of nitrogens with one attached hydrogen (secondary N) is 1. The summed E-state index contributed by atoms with van der Waals surface area (Å²) in [5.74, 6) is 2.93. The van der Waals surface area contributed by atoms with Crippen LogP contribution in [0.5, 0.6) is 0 Å². The summed E-state index contributed by atoms with van der Waals surface area (Å²) in [4.78, 5) is 0. The maximum absolute atomic E-state index is 3.67. The van der Waals surface area contributed by atoms with Gasteiger partial charge in [-0.1, -0.05) is 12.8 Å². The van der Waals surface area contributed by atoms with E-state index < -0.39 is 0 Å². The third-order valence-electron chi connectivity index (χ3n) is 4.40. The Balaban J connectivity index is 1.80. The Labute approximate surface area is 110 Å². The van der Waals surface area contributed by atoms with Crippen molar-refractivity contribution in [1.82, 2.24) is 5.32 Å². The Bertz CT molecular complexity index is 364. The molecule has 3 atom stereocenters. The van der Waals surface area contributed by atoms with Gasteiger partial charge in [0.25, 0.3) is 0 Å². The lowest BCUT2D eigenvalue weighted by Crippen LogP contribution is -2.19. The van der Waals surface area contributed by atoms with Crippen LogP contribution in [0, 0.1) is 17.8 Å². The maximum Gasteiger partial charge on any atom is 0.0371 e. The lowest BCUT2D eigenvalue weighted by atomic mass is 10.0. The van der Waals surface area contributed by atoms with Crippen molar-refractivity contribution in [2.45, 2.75) is 31.7 Å². The Morgan fingerprint density at radius 1 is 1.31 bits per heavy atom. The van der Waals surface area contributed by atoms with Gasteiger partial charge in [0.05, 0.1) is 0 Å². The summed E-state index contributed by atoms with van der Waals surface area (Å²) in [5.41, 5.74) is 1.48. The molecule has 0 spiro atoms. The van der Waals surface area contributed by atoms with Crippen molar-refractivity contribution < 1.29 is 0 Å². The molecule has 2 saturated carbocycles. The monoisotopic (exact) mass is 299 g/mol. The zero-order valence-corrected chi connectivity index (χ0v) is 12.0. The molecule has 3 unspecified atom stereocenters. The smallest absolute Gasteiger partial charge is 0.0371 e. The summed E-state index contributed by atoms with van der Waals surface area (Å²) in [7, 11) is 2.11. The molecular weight excluding hydrogens is 282 g/mol. The van der Waals surface area contributed by atoms with Gasteiger partial charge in [0.2, 0.25) is 0 Å². The van der Waals surface area contributed by atoms with Gasteiger partial charge in [0.15, 0.2) is 0 Å². The van der Waals surface area contributed by atoms with Gasteiger partial charge < -0.3 is 5.32 Å². The molecular formula is C13H18BrNS. The first kappa shape index (κ1) is 11.2. The second kappa shape index (κ2) is 4.43. The van der Waals surface area contributed by atoms with Gasteiger partial charge >= 0.3 is 0 Å². The van der Waals surface area contributed by atoms with E-state index in [1.54, 1.807) is 11.3 Å². The van der Waals surface area contributed by atoms with E-state index in [0.29, 0.717) is 6.04 Å². The van der Waals surface area contributed by atoms with Crippen molar-refractivity contribution in [3.8, 4) is 0 Å². The average Bonchev–Trinajstić information content (AvgIpc) is 2.87. The quantitative estimate of drug-likeness (QED) is 0.882. The van der Waals surface area contributed by atoms with Crippen LogP contribution in [0.15, 0.2) is 15.2 Å². The molecule has 16 heavy (non-hydrogen) atoms. The molecule has 3 heteroatoms. The normalized spacial score (nSPS) is 34.5. The molecule has 0 radical (unpaired) electrons. The Hall–Kier alpha value is 0.140. The number of hydrogen-bond donors (Lipinski definition) is 1. The third-order valence-corrected chi connectivity index (χ3v) is 6.15. The zero-order valence-electron chi connectivity index (χ0n) is 9.58. The van der Waals surface area contributed by atoms with E-state index in [1.807, 2.05) is 0 Å². The minimum absolute atomic E-state index is 0.578. The van der Waals surface area contributed by atoms with Crippen LogP contribution in [0.1, 0.15) is 37.3 Å². The summed E-state index contributed by atoms with van der Waals surface area (Å²) in [6.07, 6.45) is 5.85. The summed E-state index contributed by atoms with van der Waals surface area (Å²) < 4.78 is 1.29. The molecule has 0 aromatic carbocycles. The predicted octanol–water partition coefficient (Wildman–Crippen LogP) is 4.21. The van der Waals surface area contributed by atoms with Gasteiger partial charge in [-0.2, -0.15) is 11.3 Å². The van der Waals surface area contributed by atoms with Crippen LogP contribution in [0.2, 0.25) is 0 Å². The summed E-state index contributed by atoms with van der Waals surface area (Å²) in [5, 5.41) is 8.04. The fourth-order valence-electron chi connectivity index (χ4n) is 3.61. The molecule has 1 nitrogen and oxygen atoms in total. The van der Waals surface area contributed by atoms with Crippen LogP contribution in [0.3, 0.4) is 0 Å². The van der Waals surface area contributed by atoms with E-state index in [-0.39, 0.29) is 0 Å². The van der Waals surface area contributed by atoms with Crippen LogP contribution in [-0.2, 0) is 0 Å². The zero-order chi connectivity index (χ0) is 11.1. The number of fused-ring (bicyclic) bond motifs is 1. The molecule has 1 aromatic rings. The van der Waals surface area contributed by atoms with Crippen LogP contribution in [0.25, 0.3) is 0 Å². The van der Waals surface area contributed by atoms with Crippen LogP contribution in [0.4, 0.5) is 0 Å². The van der Waals surface area contributed by atoms with Crippen molar-refractivity contribution in [3.05, 3.63) is 20.8 Å². The van der Waals surface area contributed by atoms with E-state index in [9.17, 15) is 0 Å². The van der Waals surface area contributed by atoms with Crippen molar-refractivity contribution in [2.24, 2.45) is 17.8 Å². The second-order valence-electron chi connectivity index (χ2n) is 5.13. The van der Waals surface area contributed by atoms with E-state index in [2.05, 4.69) is 39.1 Å². The van der Waals surface area contributed by atoms with Gasteiger partial charge in [-0.15, -0.1) is 0 Å². The van der Waals surface area contributed by atoms with Crippen molar-refractivity contribution in [3.63, 3.8) is 0 Å². The lowest BCUT2D eigenvalue weighted by molar-refractivity contribution is 0.480. The Morgan fingerprint density at radius 2 is 2.00 bits per heavy atom. The summed E-state index contributed by atoms with van der Waals surface area (Å²) in [6, 6.07) is 0.578. The molecule has 2 aliphatic rings. The van der Waals surface area contributed by atoms with Gasteiger partial charge in [0, 0.05) is 15.9 Å². The highest BCUT2D eigenvalue weighted by Gasteiger charge is 2.54. The lowest BCUT2D eigenvalue weighted by Gasteiger charge is -2.16. The van der Waals surface area contributed by atoms with Gasteiger partial charge in [-0.3, -0.25) is 0 Å². The Kier molecular flexibility index (Phi) is 3.11. The number of halogens is 1. The highest BCUT2D eigenvalue weighted by Crippen LogP contribution is 2.60. The standard InChI is InChI=1S/C13H18BrNS/c1-15-13(10-6-16-7-11(10)14)12-8-4-2-3-5-9(8)12/h6-9,12-13,15H,2-5H2,1H3. The minimum atomic E-state index is 0.578. The van der Waals surface area contributed by atoms with E-state index in [4.69, 9.17) is 0 Å². The SMILES string of the molecule is CNC(c1cscc1Br)C1C2CCCCC21. The predicted molar refractivity (Wildman–Crippen MR) is 72.8 cm³/mol. The molecule has 0 amide bonds. The Morgan fingerprint density at radius 3 is 2.50 bits per heavy atom. The first-order valence-electron chi connectivity index (χ1n) is 6.21. The summed E-state index contributed by atoms with van der Waals surface area (Å²) >= 11 is 5.48. The van der Waals surface area contributed by atoms with Crippen molar-refractivity contribution in [2.75, 3.05) is 7.05 Å². The molecule has 0 bridgehead atoms. The maximum atomic E-state index is 3.67. The number of hydrogen-bond acceptors (Lipinski definition) is 2. The largest absolute Gasteiger partial charge is 0.313 e. The van der Waals surface area contributed by atoms with Gasteiger partial charge in [-0.25, -0.2) is 0 Å². The van der Waals surface area contributed by atoms with Gasteiger partial charge in [0.1, 0.15) is 0 Å². The summed E-state index contributed by atoms with van der Waals surface area (Å²) in [6.45, 7) is 0. The molecule has 2 aliphatic carbocycles. The van der Waals surface area contributed by atoms with Gasteiger partial charge in [-0.05, 0) is 64.5 Å². The van der Waals surface area contributed by atoms with E-state index in [1.165, 1.54) is 35.7 Å². The number of rotatable bonds is 3. The molecule has 0 saturated heterocycles.